The molecule has 0 spiro atoms. The number of urea groups is 1. The number of carbonyl (C=O) groups is 1. The summed E-state index contributed by atoms with van der Waals surface area (Å²) in [6, 6.07) is 8.94. The van der Waals surface area contributed by atoms with Crippen LogP contribution in [0.5, 0.6) is 0 Å². The van der Waals surface area contributed by atoms with E-state index in [1.807, 2.05) is 44.2 Å². The van der Waals surface area contributed by atoms with Crippen LogP contribution >= 0.6 is 0 Å². The van der Waals surface area contributed by atoms with Crippen molar-refractivity contribution >= 4 is 12.0 Å². The summed E-state index contributed by atoms with van der Waals surface area (Å²) in [5.41, 5.74) is 1.48. The molecule has 0 saturated carbocycles. The zero-order valence-electron chi connectivity index (χ0n) is 14.3. The normalized spacial score (nSPS) is 12.0. The number of carbonyl (C=O) groups excluding carboxylic acids is 1. The van der Waals surface area contributed by atoms with Gasteiger partial charge in [-0.2, -0.15) is 5.10 Å². The number of nitrogens with zero attached hydrogens (tertiary/aromatic N) is 3. The molecule has 0 unspecified atom stereocenters. The SMILES string of the molecule is CC(C)COC[C@H](O)CNC(=O)Nc1nncc(-c2ccccc2)n1. The molecule has 8 nitrogen and oxygen atoms in total. The van der Waals surface area contributed by atoms with E-state index in [9.17, 15) is 9.90 Å². The van der Waals surface area contributed by atoms with Gasteiger partial charge in [0.15, 0.2) is 0 Å². The molecule has 2 rings (SSSR count). The Morgan fingerprint density at radius 1 is 1.24 bits per heavy atom. The fraction of sp³-hybridized carbons (Fsp3) is 0.412. The van der Waals surface area contributed by atoms with E-state index in [1.54, 1.807) is 0 Å². The third kappa shape index (κ3) is 6.82. The van der Waals surface area contributed by atoms with Gasteiger partial charge >= 0.3 is 6.03 Å². The molecule has 1 atom stereocenters. The Morgan fingerprint density at radius 2 is 2.00 bits per heavy atom. The molecule has 2 amide bonds. The summed E-state index contributed by atoms with van der Waals surface area (Å²) < 4.78 is 5.32. The lowest BCUT2D eigenvalue weighted by Gasteiger charge is -2.13. The lowest BCUT2D eigenvalue weighted by molar-refractivity contribution is 0.0274. The zero-order chi connectivity index (χ0) is 18.1. The molecule has 2 aromatic rings. The van der Waals surface area contributed by atoms with Crippen LogP contribution in [-0.2, 0) is 4.74 Å². The molecule has 0 bridgehead atoms. The predicted octanol–water partition coefficient (Wildman–Crippen LogP) is 1.69. The average Bonchev–Trinajstić information content (AvgIpc) is 2.61. The van der Waals surface area contributed by atoms with Gasteiger partial charge in [0.05, 0.1) is 24.6 Å². The van der Waals surface area contributed by atoms with Crippen LogP contribution in [-0.4, -0.2) is 52.2 Å². The summed E-state index contributed by atoms with van der Waals surface area (Å²) in [5.74, 6) is 0.481. The van der Waals surface area contributed by atoms with Gasteiger partial charge in [-0.1, -0.05) is 44.2 Å². The standard InChI is InChI=1S/C17H23N5O3/c1-12(2)10-25-11-14(23)8-18-17(24)21-16-20-15(9-19-22-16)13-6-4-3-5-7-13/h3-7,9,12,14,23H,8,10-11H2,1-2H3,(H2,18,20,21,22,24)/t14-/m1/s1. The minimum Gasteiger partial charge on any atom is -0.389 e. The smallest absolute Gasteiger partial charge is 0.321 e. The molecular formula is C17H23N5O3. The van der Waals surface area contributed by atoms with Crippen LogP contribution in [0.1, 0.15) is 13.8 Å². The largest absolute Gasteiger partial charge is 0.389 e. The first-order valence-corrected chi connectivity index (χ1v) is 8.10. The van der Waals surface area contributed by atoms with Crippen molar-refractivity contribution in [1.82, 2.24) is 20.5 Å². The number of aliphatic hydroxyl groups excluding tert-OH is 1. The number of amides is 2. The third-order valence-electron chi connectivity index (χ3n) is 3.11. The van der Waals surface area contributed by atoms with Gasteiger partial charge in [-0.25, -0.2) is 9.78 Å². The minimum absolute atomic E-state index is 0.0652. The van der Waals surface area contributed by atoms with Crippen LogP contribution < -0.4 is 10.6 Å². The van der Waals surface area contributed by atoms with Crippen molar-refractivity contribution in [2.45, 2.75) is 20.0 Å². The van der Waals surface area contributed by atoms with E-state index >= 15 is 0 Å². The molecular weight excluding hydrogens is 322 g/mol. The van der Waals surface area contributed by atoms with E-state index in [2.05, 4.69) is 25.8 Å². The van der Waals surface area contributed by atoms with E-state index in [1.165, 1.54) is 6.20 Å². The van der Waals surface area contributed by atoms with Gasteiger partial charge in [0, 0.05) is 18.7 Å². The molecule has 0 saturated heterocycles. The van der Waals surface area contributed by atoms with Gasteiger partial charge in [0.2, 0.25) is 0 Å². The quantitative estimate of drug-likeness (QED) is 0.672. The predicted molar refractivity (Wildman–Crippen MR) is 93.9 cm³/mol. The average molecular weight is 345 g/mol. The number of aliphatic hydroxyl groups is 1. The molecule has 0 radical (unpaired) electrons. The number of nitrogens with one attached hydrogen (secondary N) is 2. The third-order valence-corrected chi connectivity index (χ3v) is 3.11. The fourth-order valence-corrected chi connectivity index (χ4v) is 1.96. The lowest BCUT2D eigenvalue weighted by Crippen LogP contribution is -2.37. The summed E-state index contributed by atoms with van der Waals surface area (Å²) in [6.45, 7) is 4.84. The summed E-state index contributed by atoms with van der Waals surface area (Å²) >= 11 is 0. The Bertz CT molecular complexity index is 666. The second-order valence-corrected chi connectivity index (χ2v) is 5.95. The van der Waals surface area contributed by atoms with Gasteiger partial charge in [-0.15, -0.1) is 5.10 Å². The van der Waals surface area contributed by atoms with Crippen molar-refractivity contribution in [3.63, 3.8) is 0 Å². The molecule has 8 heteroatoms. The molecule has 1 heterocycles. The molecule has 0 fully saturated rings. The Labute approximate surface area is 146 Å². The van der Waals surface area contributed by atoms with Crippen molar-refractivity contribution in [3.05, 3.63) is 36.5 Å². The van der Waals surface area contributed by atoms with E-state index in [0.29, 0.717) is 18.2 Å². The maximum atomic E-state index is 11.9. The van der Waals surface area contributed by atoms with E-state index in [4.69, 9.17) is 4.74 Å². The molecule has 0 aliphatic rings. The van der Waals surface area contributed by atoms with Gasteiger partial charge in [0.25, 0.3) is 5.95 Å². The van der Waals surface area contributed by atoms with Crippen LogP contribution in [0.4, 0.5) is 10.7 Å². The number of rotatable bonds is 8. The topological polar surface area (TPSA) is 109 Å². The number of hydrogen-bond donors (Lipinski definition) is 3. The lowest BCUT2D eigenvalue weighted by atomic mass is 10.2. The van der Waals surface area contributed by atoms with Gasteiger partial charge in [-0.05, 0) is 5.92 Å². The zero-order valence-corrected chi connectivity index (χ0v) is 14.3. The molecule has 3 N–H and O–H groups in total. The van der Waals surface area contributed by atoms with Crippen molar-refractivity contribution in [1.29, 1.82) is 0 Å². The van der Waals surface area contributed by atoms with Crippen molar-refractivity contribution in [2.24, 2.45) is 5.92 Å². The van der Waals surface area contributed by atoms with Crippen LogP contribution in [0.15, 0.2) is 36.5 Å². The second-order valence-electron chi connectivity index (χ2n) is 5.95. The fourth-order valence-electron chi connectivity index (χ4n) is 1.96. The highest BCUT2D eigenvalue weighted by atomic mass is 16.5. The van der Waals surface area contributed by atoms with Crippen LogP contribution in [0.3, 0.4) is 0 Å². The van der Waals surface area contributed by atoms with Gasteiger partial charge in [-0.3, -0.25) is 5.32 Å². The van der Waals surface area contributed by atoms with E-state index < -0.39 is 12.1 Å². The molecule has 1 aromatic heterocycles. The molecule has 25 heavy (non-hydrogen) atoms. The maximum absolute atomic E-state index is 11.9. The number of benzene rings is 1. The Kier molecular flexibility index (Phi) is 7.24. The number of ether oxygens (including phenoxy) is 1. The molecule has 0 aliphatic heterocycles. The Balaban J connectivity index is 1.81. The first-order chi connectivity index (χ1) is 12.0. The summed E-state index contributed by atoms with van der Waals surface area (Å²) in [4.78, 5) is 16.1. The summed E-state index contributed by atoms with van der Waals surface area (Å²) in [5, 5.41) is 22.4. The Morgan fingerprint density at radius 3 is 2.72 bits per heavy atom. The van der Waals surface area contributed by atoms with Crippen molar-refractivity contribution in [2.75, 3.05) is 25.1 Å². The highest BCUT2D eigenvalue weighted by molar-refractivity contribution is 5.87. The monoisotopic (exact) mass is 345 g/mol. The van der Waals surface area contributed by atoms with Crippen molar-refractivity contribution in [3.8, 4) is 11.3 Å². The first kappa shape index (κ1) is 18.8. The highest BCUT2D eigenvalue weighted by Crippen LogP contribution is 2.15. The van der Waals surface area contributed by atoms with E-state index in [-0.39, 0.29) is 19.1 Å². The molecule has 0 aliphatic carbocycles. The minimum atomic E-state index is -0.779. The molecule has 134 valence electrons. The molecule has 1 aromatic carbocycles. The number of anilines is 1. The van der Waals surface area contributed by atoms with Crippen LogP contribution in [0, 0.1) is 5.92 Å². The Hall–Kier alpha value is -2.58. The van der Waals surface area contributed by atoms with Gasteiger partial charge < -0.3 is 15.2 Å². The number of hydrogen-bond acceptors (Lipinski definition) is 6. The summed E-state index contributed by atoms with van der Waals surface area (Å²) in [7, 11) is 0. The number of aromatic nitrogens is 3. The first-order valence-electron chi connectivity index (χ1n) is 8.10. The maximum Gasteiger partial charge on any atom is 0.321 e. The van der Waals surface area contributed by atoms with Crippen molar-refractivity contribution < 1.29 is 14.6 Å². The van der Waals surface area contributed by atoms with Gasteiger partial charge in [0.1, 0.15) is 0 Å². The van der Waals surface area contributed by atoms with E-state index in [0.717, 1.165) is 5.56 Å². The van der Waals surface area contributed by atoms with Crippen LogP contribution in [0.2, 0.25) is 0 Å². The highest BCUT2D eigenvalue weighted by Gasteiger charge is 2.10. The summed E-state index contributed by atoms with van der Waals surface area (Å²) in [6.07, 6.45) is 0.744. The van der Waals surface area contributed by atoms with Crippen LogP contribution in [0.25, 0.3) is 11.3 Å². The second kappa shape index (κ2) is 9.65.